The average Bonchev–Trinajstić information content (AvgIpc) is 3.20. The first-order chi connectivity index (χ1) is 15.5. The maximum Gasteiger partial charge on any atom is 0.339 e. The Balaban J connectivity index is 1.76. The molecule has 4 rings (SSSR count). The third-order valence-corrected chi connectivity index (χ3v) is 5.74. The minimum Gasteiger partial charge on any atom is -0.497 e. The normalized spacial score (nSPS) is 14.2. The highest BCUT2D eigenvalue weighted by molar-refractivity contribution is 5.95. The van der Waals surface area contributed by atoms with E-state index in [9.17, 15) is 9.90 Å². The number of carboxylic acids is 1. The monoisotopic (exact) mass is 438 g/mol. The predicted molar refractivity (Wildman–Crippen MR) is 118 cm³/mol. The number of anilines is 2. The summed E-state index contributed by atoms with van der Waals surface area (Å²) in [6.45, 7) is 1.78. The topological polar surface area (TPSA) is 120 Å². The van der Waals surface area contributed by atoms with Crippen LogP contribution in [0.15, 0.2) is 28.9 Å². The van der Waals surface area contributed by atoms with E-state index in [1.54, 1.807) is 39.3 Å². The highest BCUT2D eigenvalue weighted by Crippen LogP contribution is 2.40. The molecule has 0 spiro atoms. The van der Waals surface area contributed by atoms with Gasteiger partial charge in [0.15, 0.2) is 0 Å². The molecule has 0 aliphatic heterocycles. The lowest BCUT2D eigenvalue weighted by atomic mass is 9.84. The Bertz CT molecular complexity index is 1100. The summed E-state index contributed by atoms with van der Waals surface area (Å²) in [5, 5.41) is 17.2. The van der Waals surface area contributed by atoms with Crippen molar-refractivity contribution in [2.24, 2.45) is 0 Å². The SMILES string of the molecule is COc1cc(Nc2ncc(C(=O)O)c(-c3c(C4CCCCC4)noc3C)n2)cc(OC)c1. The van der Waals surface area contributed by atoms with Crippen LogP contribution >= 0.6 is 0 Å². The van der Waals surface area contributed by atoms with Crippen LogP contribution in [0.5, 0.6) is 11.5 Å². The zero-order chi connectivity index (χ0) is 22.7. The molecule has 0 radical (unpaired) electrons. The summed E-state index contributed by atoms with van der Waals surface area (Å²) < 4.78 is 16.1. The van der Waals surface area contributed by atoms with Crippen molar-refractivity contribution in [3.05, 3.63) is 41.4 Å². The summed E-state index contributed by atoms with van der Waals surface area (Å²) in [6, 6.07) is 5.30. The maximum atomic E-state index is 12.0. The standard InChI is InChI=1S/C23H26N4O5/c1-13-19(20(27-32-13)14-7-5-4-6-8-14)21-18(22(28)29)12-24-23(26-21)25-15-9-16(30-2)11-17(10-15)31-3/h9-12,14H,4-8H2,1-3H3,(H,28,29)(H,24,25,26). The first-order valence-corrected chi connectivity index (χ1v) is 10.6. The van der Waals surface area contributed by atoms with E-state index >= 15 is 0 Å². The molecular weight excluding hydrogens is 412 g/mol. The number of carbonyl (C=O) groups is 1. The Labute approximate surface area is 185 Å². The van der Waals surface area contributed by atoms with E-state index in [0.29, 0.717) is 34.2 Å². The number of rotatable bonds is 7. The van der Waals surface area contributed by atoms with Gasteiger partial charge in [0.25, 0.3) is 0 Å². The number of hydrogen-bond acceptors (Lipinski definition) is 8. The molecule has 2 aromatic heterocycles. The van der Waals surface area contributed by atoms with Crippen LogP contribution in [0.4, 0.5) is 11.6 Å². The number of hydrogen-bond donors (Lipinski definition) is 2. The van der Waals surface area contributed by atoms with Crippen molar-refractivity contribution in [2.45, 2.75) is 44.9 Å². The molecule has 168 valence electrons. The van der Waals surface area contributed by atoms with Gasteiger partial charge in [-0.1, -0.05) is 24.4 Å². The number of aromatic carboxylic acids is 1. The molecule has 0 saturated heterocycles. The van der Waals surface area contributed by atoms with Crippen LogP contribution in [0.3, 0.4) is 0 Å². The van der Waals surface area contributed by atoms with Gasteiger partial charge >= 0.3 is 5.97 Å². The molecule has 2 N–H and O–H groups in total. The number of carboxylic acid groups (broad SMARTS) is 1. The third-order valence-electron chi connectivity index (χ3n) is 5.74. The molecule has 9 heteroatoms. The molecule has 9 nitrogen and oxygen atoms in total. The van der Waals surface area contributed by atoms with Crippen molar-refractivity contribution in [2.75, 3.05) is 19.5 Å². The lowest BCUT2D eigenvalue weighted by Crippen LogP contribution is -2.10. The predicted octanol–water partition coefficient (Wildman–Crippen LogP) is 4.95. The molecule has 32 heavy (non-hydrogen) atoms. The van der Waals surface area contributed by atoms with Crippen molar-refractivity contribution in [3.63, 3.8) is 0 Å². The number of benzene rings is 1. The molecule has 1 fully saturated rings. The maximum absolute atomic E-state index is 12.0. The van der Waals surface area contributed by atoms with Gasteiger partial charge < -0.3 is 24.4 Å². The number of aryl methyl sites for hydroxylation is 1. The van der Waals surface area contributed by atoms with Gasteiger partial charge in [-0.2, -0.15) is 0 Å². The molecule has 0 atom stereocenters. The quantitative estimate of drug-likeness (QED) is 0.528. The van der Waals surface area contributed by atoms with Gasteiger partial charge in [0.2, 0.25) is 5.95 Å². The third kappa shape index (κ3) is 4.37. The summed E-state index contributed by atoms with van der Waals surface area (Å²) in [6.07, 6.45) is 6.75. The van der Waals surface area contributed by atoms with Crippen LogP contribution in [-0.4, -0.2) is 40.4 Å². The minimum absolute atomic E-state index is 0.00197. The smallest absolute Gasteiger partial charge is 0.339 e. The molecule has 1 aromatic carbocycles. The van der Waals surface area contributed by atoms with Gasteiger partial charge in [-0.25, -0.2) is 14.8 Å². The zero-order valence-electron chi connectivity index (χ0n) is 18.3. The zero-order valence-corrected chi connectivity index (χ0v) is 18.3. The van der Waals surface area contributed by atoms with E-state index in [4.69, 9.17) is 14.0 Å². The Morgan fingerprint density at radius 3 is 2.44 bits per heavy atom. The molecule has 0 unspecified atom stereocenters. The van der Waals surface area contributed by atoms with Crippen LogP contribution in [-0.2, 0) is 0 Å². The molecule has 1 saturated carbocycles. The van der Waals surface area contributed by atoms with Crippen molar-refractivity contribution >= 4 is 17.6 Å². The second kappa shape index (κ2) is 9.25. The van der Waals surface area contributed by atoms with Crippen molar-refractivity contribution in [1.29, 1.82) is 0 Å². The van der Waals surface area contributed by atoms with Crippen LogP contribution in [0.1, 0.15) is 59.8 Å². The van der Waals surface area contributed by atoms with Gasteiger partial charge in [-0.05, 0) is 19.8 Å². The van der Waals surface area contributed by atoms with Crippen LogP contribution < -0.4 is 14.8 Å². The van der Waals surface area contributed by atoms with E-state index in [1.165, 1.54) is 12.6 Å². The first-order valence-electron chi connectivity index (χ1n) is 10.6. The summed E-state index contributed by atoms with van der Waals surface area (Å²) in [7, 11) is 3.13. The fourth-order valence-electron chi connectivity index (χ4n) is 4.13. The highest BCUT2D eigenvalue weighted by atomic mass is 16.5. The van der Waals surface area contributed by atoms with E-state index in [1.807, 2.05) is 0 Å². The highest BCUT2D eigenvalue weighted by Gasteiger charge is 2.28. The van der Waals surface area contributed by atoms with E-state index < -0.39 is 5.97 Å². The minimum atomic E-state index is -1.11. The summed E-state index contributed by atoms with van der Waals surface area (Å²) in [4.78, 5) is 20.8. The molecule has 0 amide bonds. The fraction of sp³-hybridized carbons (Fsp3) is 0.391. The van der Waals surface area contributed by atoms with E-state index in [2.05, 4.69) is 20.4 Å². The Kier molecular flexibility index (Phi) is 6.25. The lowest BCUT2D eigenvalue weighted by Gasteiger charge is -2.20. The van der Waals surface area contributed by atoms with E-state index in [0.717, 1.165) is 31.4 Å². The van der Waals surface area contributed by atoms with Crippen molar-refractivity contribution in [3.8, 4) is 22.8 Å². The number of ether oxygens (including phenoxy) is 2. The van der Waals surface area contributed by atoms with Gasteiger partial charge in [0.05, 0.1) is 31.2 Å². The lowest BCUT2D eigenvalue weighted by molar-refractivity contribution is 0.0697. The summed E-state index contributed by atoms with van der Waals surface area (Å²) in [5.41, 5.74) is 2.36. The number of nitrogens with zero attached hydrogens (tertiary/aromatic N) is 3. The second-order valence-electron chi connectivity index (χ2n) is 7.82. The van der Waals surface area contributed by atoms with Crippen LogP contribution in [0.25, 0.3) is 11.3 Å². The van der Waals surface area contributed by atoms with E-state index in [-0.39, 0.29) is 17.4 Å². The Morgan fingerprint density at radius 1 is 1.12 bits per heavy atom. The summed E-state index contributed by atoms with van der Waals surface area (Å²) in [5.74, 6) is 1.11. The molecule has 0 bridgehead atoms. The average molecular weight is 438 g/mol. The molecule has 1 aliphatic carbocycles. The fourth-order valence-corrected chi connectivity index (χ4v) is 4.13. The molecule has 1 aliphatic rings. The largest absolute Gasteiger partial charge is 0.497 e. The number of methoxy groups -OCH3 is 2. The first kappa shape index (κ1) is 21.6. The van der Waals surface area contributed by atoms with Gasteiger partial charge in [-0.15, -0.1) is 0 Å². The van der Waals surface area contributed by atoms with Crippen LogP contribution in [0.2, 0.25) is 0 Å². The Morgan fingerprint density at radius 2 is 1.81 bits per heavy atom. The van der Waals surface area contributed by atoms with Crippen LogP contribution in [0, 0.1) is 6.92 Å². The van der Waals surface area contributed by atoms with Crippen molar-refractivity contribution in [1.82, 2.24) is 15.1 Å². The van der Waals surface area contributed by atoms with Gasteiger partial charge in [0, 0.05) is 36.0 Å². The molecule has 3 aromatic rings. The molecule has 2 heterocycles. The Hall–Kier alpha value is -3.62. The second-order valence-corrected chi connectivity index (χ2v) is 7.82. The number of aromatic nitrogens is 3. The number of nitrogens with one attached hydrogen (secondary N) is 1. The molecular formula is C23H26N4O5. The van der Waals surface area contributed by atoms with Crippen molar-refractivity contribution < 1.29 is 23.9 Å². The van der Waals surface area contributed by atoms with Gasteiger partial charge in [-0.3, -0.25) is 0 Å². The summed E-state index contributed by atoms with van der Waals surface area (Å²) >= 11 is 0. The van der Waals surface area contributed by atoms with Gasteiger partial charge in [0.1, 0.15) is 22.8 Å².